The van der Waals surface area contributed by atoms with Gasteiger partial charge in [0.2, 0.25) is 0 Å². The van der Waals surface area contributed by atoms with Crippen LogP contribution < -0.4 is 21.7 Å². The van der Waals surface area contributed by atoms with Crippen molar-refractivity contribution in [1.82, 2.24) is 0 Å². The molecule has 0 aromatic heterocycles. The minimum Gasteiger partial charge on any atom is -0.548 e. The Balaban J connectivity index is -0.000000218. The Hall–Kier alpha value is -0.701. The van der Waals surface area contributed by atoms with E-state index in [0.717, 1.165) is 0 Å². The predicted molar refractivity (Wildman–Crippen MR) is 49.3 cm³/mol. The van der Waals surface area contributed by atoms with Crippen LogP contribution in [0.4, 0.5) is 0 Å². The summed E-state index contributed by atoms with van der Waals surface area (Å²) in [7, 11) is 0. The van der Waals surface area contributed by atoms with Gasteiger partial charge in [0.05, 0.1) is 36.2 Å². The summed E-state index contributed by atoms with van der Waals surface area (Å²) in [6, 6.07) is -2.54. The number of aliphatic hydroxyl groups excluding tert-OH is 2. The molecule has 4 atom stereocenters. The van der Waals surface area contributed by atoms with Crippen LogP contribution in [0.5, 0.6) is 0 Å². The first-order valence-electron chi connectivity index (χ1n) is 4.40. The van der Waals surface area contributed by atoms with E-state index in [1.165, 1.54) is 13.8 Å². The maximum absolute atomic E-state index is 9.74. The molecule has 0 aliphatic rings. The summed E-state index contributed by atoms with van der Waals surface area (Å²) in [6.45, 7) is 2.58. The summed E-state index contributed by atoms with van der Waals surface area (Å²) in [5.41, 5.74) is 9.69. The van der Waals surface area contributed by atoms with Gasteiger partial charge in [0, 0.05) is 0 Å². The Morgan fingerprint density at radius 1 is 0.941 bits per heavy atom. The molecule has 0 amide bonds. The van der Waals surface area contributed by atoms with Crippen LogP contribution in [0.25, 0.3) is 0 Å². The second-order valence-corrected chi connectivity index (χ2v) is 3.17. The summed E-state index contributed by atoms with van der Waals surface area (Å²) >= 11 is 0. The van der Waals surface area contributed by atoms with Crippen molar-refractivity contribution in [1.29, 1.82) is 0 Å². The summed E-state index contributed by atoms with van der Waals surface area (Å²) in [6.07, 6.45) is -2.08. The number of carboxylic acid groups (broad SMARTS) is 2. The molecule has 102 valence electrons. The van der Waals surface area contributed by atoms with Crippen LogP contribution in [-0.2, 0) is 26.7 Å². The molecule has 17 heavy (non-hydrogen) atoms. The fourth-order valence-corrected chi connectivity index (χ4v) is 0.394. The van der Waals surface area contributed by atoms with Gasteiger partial charge in [-0.15, -0.1) is 0 Å². The Morgan fingerprint density at radius 3 is 1.12 bits per heavy atom. The van der Waals surface area contributed by atoms with Crippen LogP contribution in [0.2, 0.25) is 0 Å². The molecule has 0 aliphatic carbocycles. The van der Waals surface area contributed by atoms with Crippen LogP contribution in [0.15, 0.2) is 0 Å². The number of hydrogen-bond acceptors (Lipinski definition) is 8. The molecule has 0 radical (unpaired) electrons. The van der Waals surface area contributed by atoms with Crippen molar-refractivity contribution in [2.24, 2.45) is 11.5 Å². The van der Waals surface area contributed by atoms with Gasteiger partial charge < -0.3 is 41.5 Å². The van der Waals surface area contributed by atoms with Crippen LogP contribution in [0.1, 0.15) is 13.8 Å². The van der Waals surface area contributed by atoms with Crippen LogP contribution in [0.3, 0.4) is 0 Å². The second kappa shape index (κ2) is 10.5. The van der Waals surface area contributed by atoms with Crippen molar-refractivity contribution >= 4 is 11.9 Å². The van der Waals surface area contributed by atoms with Crippen molar-refractivity contribution in [3.63, 3.8) is 0 Å². The minimum atomic E-state index is -1.43. The molecule has 0 aromatic carbocycles. The Kier molecular flexibility index (Phi) is 13.3. The monoisotopic (exact) mass is 292 g/mol. The van der Waals surface area contributed by atoms with E-state index in [1.54, 1.807) is 0 Å². The van der Waals surface area contributed by atoms with E-state index in [4.69, 9.17) is 21.7 Å². The molecule has 8 nitrogen and oxygen atoms in total. The summed E-state index contributed by atoms with van der Waals surface area (Å²) in [5, 5.41) is 36.4. The summed E-state index contributed by atoms with van der Waals surface area (Å²) in [4.78, 5) is 19.5. The molecule has 0 spiro atoms. The standard InChI is InChI=1S/2C4H9NO3.Fe/c2*1-2(6)3(5)4(7)8;/h2*2-3,6H,5H2,1H3,(H,7,8);/q;;+2/p-2. The SMILES string of the molecule is CC(O)C(N)C(=O)[O-].CC(O)C(N)C(=O)[O-].[Fe+2]. The van der Waals surface area contributed by atoms with Gasteiger partial charge in [-0.25, -0.2) is 0 Å². The average molecular weight is 292 g/mol. The zero-order chi connectivity index (χ0) is 13.5. The average Bonchev–Trinajstić information content (AvgIpc) is 2.15. The van der Waals surface area contributed by atoms with Gasteiger partial charge in [-0.1, -0.05) is 0 Å². The number of carboxylic acids is 2. The maximum atomic E-state index is 9.74. The van der Waals surface area contributed by atoms with E-state index in [-0.39, 0.29) is 17.1 Å². The zero-order valence-electron chi connectivity index (χ0n) is 9.35. The van der Waals surface area contributed by atoms with Gasteiger partial charge in [-0.3, -0.25) is 0 Å². The van der Waals surface area contributed by atoms with Gasteiger partial charge in [-0.05, 0) is 13.8 Å². The molecule has 0 rings (SSSR count). The number of nitrogens with two attached hydrogens (primary N) is 2. The molecule has 0 heterocycles. The number of carbonyl (C=O) groups excluding carboxylic acids is 2. The summed E-state index contributed by atoms with van der Waals surface area (Å²) in [5.74, 6) is -2.86. The molecule has 0 saturated heterocycles. The quantitative estimate of drug-likeness (QED) is 0.372. The molecule has 0 fully saturated rings. The molecular formula is C8H16FeN2O6. The van der Waals surface area contributed by atoms with Crippen molar-refractivity contribution in [2.75, 3.05) is 0 Å². The molecule has 0 aliphatic heterocycles. The molecule has 0 aromatic rings. The third-order valence-corrected chi connectivity index (χ3v) is 1.58. The molecule has 9 heteroatoms. The fourth-order valence-electron chi connectivity index (χ4n) is 0.394. The number of aliphatic carboxylic acids is 2. The number of carbonyl (C=O) groups is 2. The first-order valence-corrected chi connectivity index (χ1v) is 4.40. The maximum Gasteiger partial charge on any atom is 2.00 e. The topological polar surface area (TPSA) is 173 Å². The number of hydrogen-bond donors (Lipinski definition) is 4. The van der Waals surface area contributed by atoms with E-state index in [1.807, 2.05) is 0 Å². The van der Waals surface area contributed by atoms with E-state index in [0.29, 0.717) is 0 Å². The van der Waals surface area contributed by atoms with E-state index in [9.17, 15) is 19.8 Å². The van der Waals surface area contributed by atoms with Gasteiger partial charge in [0.25, 0.3) is 0 Å². The number of aliphatic hydroxyl groups is 2. The Morgan fingerprint density at radius 2 is 1.12 bits per heavy atom. The third-order valence-electron chi connectivity index (χ3n) is 1.58. The van der Waals surface area contributed by atoms with Crippen LogP contribution >= 0.6 is 0 Å². The van der Waals surface area contributed by atoms with E-state index in [2.05, 4.69) is 0 Å². The molecule has 4 unspecified atom stereocenters. The van der Waals surface area contributed by atoms with Gasteiger partial charge in [0.1, 0.15) is 0 Å². The van der Waals surface area contributed by atoms with Crippen molar-refractivity contribution in [3.05, 3.63) is 0 Å². The largest absolute Gasteiger partial charge is 2.00 e. The van der Waals surface area contributed by atoms with Crippen molar-refractivity contribution in [3.8, 4) is 0 Å². The third kappa shape index (κ3) is 11.6. The number of rotatable bonds is 4. The summed E-state index contributed by atoms with van der Waals surface area (Å²) < 4.78 is 0. The second-order valence-electron chi connectivity index (χ2n) is 3.17. The van der Waals surface area contributed by atoms with Crippen LogP contribution in [0, 0.1) is 0 Å². The van der Waals surface area contributed by atoms with Crippen molar-refractivity contribution < 1.29 is 47.1 Å². The van der Waals surface area contributed by atoms with Gasteiger partial charge in [-0.2, -0.15) is 0 Å². The molecule has 6 N–H and O–H groups in total. The fraction of sp³-hybridized carbons (Fsp3) is 0.750. The van der Waals surface area contributed by atoms with E-state index >= 15 is 0 Å². The first kappa shape index (κ1) is 21.6. The Labute approximate surface area is 109 Å². The van der Waals surface area contributed by atoms with E-state index < -0.39 is 36.2 Å². The smallest absolute Gasteiger partial charge is 0.548 e. The predicted octanol–water partition coefficient (Wildman–Crippen LogP) is -5.11. The normalized spacial score (nSPS) is 16.4. The minimum absolute atomic E-state index is 0. The van der Waals surface area contributed by atoms with Crippen LogP contribution in [-0.4, -0.2) is 46.4 Å². The Bertz CT molecular complexity index is 212. The van der Waals surface area contributed by atoms with Gasteiger partial charge in [0.15, 0.2) is 0 Å². The first-order chi connectivity index (χ1) is 7.11. The van der Waals surface area contributed by atoms with Gasteiger partial charge >= 0.3 is 17.1 Å². The zero-order valence-corrected chi connectivity index (χ0v) is 10.4. The molecular weight excluding hydrogens is 276 g/mol. The molecule has 0 bridgehead atoms. The van der Waals surface area contributed by atoms with Crippen molar-refractivity contribution in [2.45, 2.75) is 38.1 Å². The molecule has 0 saturated carbocycles.